The second-order valence-corrected chi connectivity index (χ2v) is 20.1. The van der Waals surface area contributed by atoms with Crippen molar-refractivity contribution in [1.29, 1.82) is 0 Å². The number of hydrogen-bond donors (Lipinski definition) is 1. The number of likely N-dealkylation sites (tertiary alicyclic amines) is 1. The molecule has 1 aromatic heterocycles. The monoisotopic (exact) mass is 742 g/mol. The van der Waals surface area contributed by atoms with Gasteiger partial charge >= 0.3 is 0 Å². The fourth-order valence-electron chi connectivity index (χ4n) is 9.47. The van der Waals surface area contributed by atoms with Crippen LogP contribution in [0.3, 0.4) is 0 Å². The summed E-state index contributed by atoms with van der Waals surface area (Å²) >= 11 is 0. The molecule has 3 aliphatic rings. The lowest BCUT2D eigenvalue weighted by Crippen LogP contribution is -2.52. The molecular formula is C43H46N4O6Si. The van der Waals surface area contributed by atoms with Crippen LogP contribution in [-0.4, -0.2) is 72.1 Å². The summed E-state index contributed by atoms with van der Waals surface area (Å²) in [5.41, 5.74) is 1.02. The highest BCUT2D eigenvalue weighted by Crippen LogP contribution is 2.60. The van der Waals surface area contributed by atoms with Gasteiger partial charge in [-0.25, -0.2) is 0 Å². The summed E-state index contributed by atoms with van der Waals surface area (Å²) in [7, 11) is -0.890. The largest absolute Gasteiger partial charge is 0.497 e. The third-order valence-corrected chi connectivity index (χ3v) is 16.6. The molecule has 5 atom stereocenters. The van der Waals surface area contributed by atoms with Crippen LogP contribution >= 0.6 is 0 Å². The zero-order valence-electron chi connectivity index (χ0n) is 31.1. The fraction of sp³-hybridized carbons (Fsp3) is 0.349. The van der Waals surface area contributed by atoms with Gasteiger partial charge in [0.2, 0.25) is 5.91 Å². The molecule has 11 heteroatoms. The molecule has 4 heterocycles. The number of carbonyl (C=O) groups excluding carboxylic acids is 2. The normalized spacial score (nSPS) is 23.8. The summed E-state index contributed by atoms with van der Waals surface area (Å²) in [4.78, 5) is 47.0. The predicted octanol–water partition coefficient (Wildman–Crippen LogP) is 5.53. The maximum atomic E-state index is 15.4. The molecular weight excluding hydrogens is 697 g/mol. The van der Waals surface area contributed by atoms with Gasteiger partial charge in [0.05, 0.1) is 69.9 Å². The Labute approximate surface area is 315 Å². The lowest BCUT2D eigenvalue weighted by atomic mass is 9.82. The number of methoxy groups -OCH3 is 1. The van der Waals surface area contributed by atoms with Gasteiger partial charge in [-0.3, -0.25) is 14.4 Å². The molecule has 3 aliphatic heterocycles. The Morgan fingerprint density at radius 1 is 1.00 bits per heavy atom. The lowest BCUT2D eigenvalue weighted by molar-refractivity contribution is -0.150. The van der Waals surface area contributed by atoms with Crippen molar-refractivity contribution < 1.29 is 24.2 Å². The van der Waals surface area contributed by atoms with E-state index >= 15 is 4.79 Å². The standard InChI is InChI=1S/C43H46N4O6Si/c1-28-40(54(3,4)34-19-17-33(52-2)18-20-34)38(24-39(49)45-22-10-14-32(45)27-48)53-43(28)36-23-31(47-41(50)35-15-9-8-13-30(35)25-44-47)16-21-37(36)46(42(43)51)26-29-11-6-5-7-12-29/h5-9,11-13,15-21,23,25,28,32,38,40,48H,10,14,22,24,26-27H2,1-4H3/t28-,32-,38+,40-,43+/m0/s1. The van der Waals surface area contributed by atoms with E-state index in [4.69, 9.17) is 9.47 Å². The summed E-state index contributed by atoms with van der Waals surface area (Å²) in [6.45, 7) is 7.51. The minimum atomic E-state index is -2.54. The molecule has 0 aliphatic carbocycles. The van der Waals surface area contributed by atoms with Gasteiger partial charge < -0.3 is 24.4 Å². The molecule has 4 aromatic carbocycles. The van der Waals surface area contributed by atoms with Crippen LogP contribution in [-0.2, 0) is 26.5 Å². The number of aliphatic hydroxyl groups is 1. The van der Waals surface area contributed by atoms with Gasteiger partial charge in [0.1, 0.15) is 5.75 Å². The van der Waals surface area contributed by atoms with E-state index in [1.54, 1.807) is 29.2 Å². The number of carbonyl (C=O) groups is 2. The molecule has 0 bridgehead atoms. The van der Waals surface area contributed by atoms with Crippen LogP contribution in [0.1, 0.15) is 37.3 Å². The topological polar surface area (TPSA) is 114 Å². The minimum Gasteiger partial charge on any atom is -0.497 e. The number of aliphatic hydroxyl groups excluding tert-OH is 1. The number of aromatic nitrogens is 2. The number of hydrogen-bond acceptors (Lipinski definition) is 7. The highest BCUT2D eigenvalue weighted by atomic mass is 28.3. The summed E-state index contributed by atoms with van der Waals surface area (Å²) in [6, 6.07) is 30.8. The second-order valence-electron chi connectivity index (χ2n) is 15.5. The average molecular weight is 743 g/mol. The zero-order valence-corrected chi connectivity index (χ0v) is 32.1. The highest BCUT2D eigenvalue weighted by molar-refractivity contribution is 6.91. The quantitative estimate of drug-likeness (QED) is 0.198. The van der Waals surface area contributed by atoms with Gasteiger partial charge in [0.25, 0.3) is 11.5 Å². The first-order valence-electron chi connectivity index (χ1n) is 18.8. The number of rotatable bonds is 9. The fourth-order valence-corrected chi connectivity index (χ4v) is 13.5. The number of anilines is 1. The SMILES string of the molecule is COc1ccc([Si](C)(C)[C@@H]2[C@@H](CC(=O)N3CCC[C@H]3CO)O[C@]3(C(=O)N(Cc4ccccc4)c4ccc(-n5ncc6ccccc6c5=O)cc43)[C@H]2C)cc1. The first-order valence-corrected chi connectivity index (χ1v) is 21.9. The van der Waals surface area contributed by atoms with Gasteiger partial charge in [0, 0.05) is 23.4 Å². The zero-order chi connectivity index (χ0) is 37.8. The van der Waals surface area contributed by atoms with Crippen molar-refractivity contribution >= 4 is 41.5 Å². The Morgan fingerprint density at radius 2 is 1.74 bits per heavy atom. The van der Waals surface area contributed by atoms with Gasteiger partial charge in [-0.15, -0.1) is 0 Å². The summed E-state index contributed by atoms with van der Waals surface area (Å²) < 4.78 is 14.2. The van der Waals surface area contributed by atoms with E-state index in [1.165, 1.54) is 9.87 Å². The van der Waals surface area contributed by atoms with Crippen molar-refractivity contribution in [2.24, 2.45) is 5.92 Å². The van der Waals surface area contributed by atoms with Crippen molar-refractivity contribution in [3.05, 3.63) is 125 Å². The van der Waals surface area contributed by atoms with E-state index in [1.807, 2.05) is 78.9 Å². The van der Waals surface area contributed by atoms with Crippen molar-refractivity contribution in [3.8, 4) is 11.4 Å². The minimum absolute atomic E-state index is 0.0715. The average Bonchev–Trinajstić information content (AvgIpc) is 3.86. The summed E-state index contributed by atoms with van der Waals surface area (Å²) in [5, 5.41) is 17.1. The summed E-state index contributed by atoms with van der Waals surface area (Å²) in [6.07, 6.45) is 2.78. The molecule has 2 saturated heterocycles. The molecule has 0 unspecified atom stereocenters. The van der Waals surface area contributed by atoms with Crippen LogP contribution in [0.15, 0.2) is 108 Å². The molecule has 54 heavy (non-hydrogen) atoms. The molecule has 10 nitrogen and oxygen atoms in total. The highest BCUT2D eigenvalue weighted by Gasteiger charge is 2.66. The van der Waals surface area contributed by atoms with Gasteiger partial charge in [-0.05, 0) is 60.3 Å². The van der Waals surface area contributed by atoms with Gasteiger partial charge in [-0.2, -0.15) is 9.78 Å². The van der Waals surface area contributed by atoms with Crippen LogP contribution in [0.2, 0.25) is 18.6 Å². The summed E-state index contributed by atoms with van der Waals surface area (Å²) in [5.74, 6) is 0.152. The number of nitrogens with zero attached hydrogens (tertiary/aromatic N) is 4. The maximum Gasteiger partial charge on any atom is 0.279 e. The third-order valence-electron chi connectivity index (χ3n) is 12.2. The van der Waals surface area contributed by atoms with Crippen LogP contribution in [0.25, 0.3) is 16.5 Å². The predicted molar refractivity (Wildman–Crippen MR) is 211 cm³/mol. The Morgan fingerprint density at radius 3 is 2.48 bits per heavy atom. The first-order chi connectivity index (χ1) is 26.1. The number of ether oxygens (including phenoxy) is 2. The van der Waals surface area contributed by atoms with E-state index in [-0.39, 0.29) is 47.9 Å². The molecule has 2 amide bonds. The van der Waals surface area contributed by atoms with Crippen LogP contribution in [0.5, 0.6) is 5.75 Å². The molecule has 1 spiro atoms. The molecule has 2 fully saturated rings. The maximum absolute atomic E-state index is 15.4. The Balaban J connectivity index is 1.28. The smallest absolute Gasteiger partial charge is 0.279 e. The number of fused-ring (bicyclic) bond motifs is 3. The molecule has 0 saturated carbocycles. The Bertz CT molecular complexity index is 2280. The molecule has 278 valence electrons. The van der Waals surface area contributed by atoms with Crippen LogP contribution in [0.4, 0.5) is 5.69 Å². The Hall–Kier alpha value is -5.10. The van der Waals surface area contributed by atoms with Crippen molar-refractivity contribution in [3.63, 3.8) is 0 Å². The van der Waals surface area contributed by atoms with E-state index in [0.29, 0.717) is 35.4 Å². The van der Waals surface area contributed by atoms with Crippen molar-refractivity contribution in [2.45, 2.75) is 69.1 Å². The van der Waals surface area contributed by atoms with Crippen molar-refractivity contribution in [1.82, 2.24) is 14.7 Å². The molecule has 1 N–H and O–H groups in total. The lowest BCUT2D eigenvalue weighted by Gasteiger charge is -2.37. The molecule has 5 aromatic rings. The van der Waals surface area contributed by atoms with Crippen LogP contribution < -0.4 is 20.4 Å². The first kappa shape index (κ1) is 35.9. The second kappa shape index (κ2) is 14.0. The number of amides is 2. The van der Waals surface area contributed by atoms with Gasteiger partial charge in [-0.1, -0.05) is 85.9 Å². The van der Waals surface area contributed by atoms with Crippen LogP contribution in [0, 0.1) is 5.92 Å². The van der Waals surface area contributed by atoms with E-state index < -0.39 is 19.8 Å². The number of benzene rings is 4. The van der Waals surface area contributed by atoms with Gasteiger partial charge in [0.15, 0.2) is 5.60 Å². The third kappa shape index (κ3) is 5.77. The molecule has 8 rings (SSSR count). The molecule has 0 radical (unpaired) electrons. The Kier molecular flexibility index (Phi) is 9.27. The van der Waals surface area contributed by atoms with E-state index in [0.717, 1.165) is 29.5 Å². The van der Waals surface area contributed by atoms with Crippen molar-refractivity contribution in [2.75, 3.05) is 25.2 Å². The van der Waals surface area contributed by atoms with E-state index in [2.05, 4.69) is 37.2 Å². The van der Waals surface area contributed by atoms with E-state index in [9.17, 15) is 14.7 Å².